The first-order valence-corrected chi connectivity index (χ1v) is 13.8. The summed E-state index contributed by atoms with van der Waals surface area (Å²) < 4.78 is 21.5. The molecule has 0 saturated heterocycles. The van der Waals surface area contributed by atoms with Crippen LogP contribution in [0.4, 0.5) is 29.2 Å². The first-order chi connectivity index (χ1) is 22.1. The van der Waals surface area contributed by atoms with Gasteiger partial charge in [0, 0.05) is 34.6 Å². The lowest BCUT2D eigenvalue weighted by Gasteiger charge is -2.23. The minimum Gasteiger partial charge on any atom is -0.497 e. The van der Waals surface area contributed by atoms with Crippen LogP contribution in [-0.2, 0) is 0 Å². The van der Waals surface area contributed by atoms with Gasteiger partial charge in [0.15, 0.2) is 0 Å². The van der Waals surface area contributed by atoms with E-state index >= 15 is 0 Å². The highest BCUT2D eigenvalue weighted by atomic mass is 16.5. The zero-order chi connectivity index (χ0) is 31.4. The van der Waals surface area contributed by atoms with E-state index in [9.17, 15) is 0 Å². The lowest BCUT2D eigenvalue weighted by Crippen LogP contribution is -2.16. The molecule has 0 saturated carbocycles. The summed E-state index contributed by atoms with van der Waals surface area (Å²) in [5, 5.41) is 8.74. The van der Waals surface area contributed by atoms with Gasteiger partial charge in [0.2, 0.25) is 17.8 Å². The molecule has 0 aliphatic rings. The molecule has 0 amide bonds. The molecule has 1 heterocycles. The second kappa shape index (κ2) is 14.8. The zero-order valence-electron chi connectivity index (χ0n) is 25.2. The Bertz CT molecular complexity index is 1640. The second-order valence-corrected chi connectivity index (χ2v) is 9.24. The van der Waals surface area contributed by atoms with Gasteiger partial charge in [-0.25, -0.2) is 10.9 Å². The Hall–Kier alpha value is -6.17. The quantitative estimate of drug-likeness (QED) is 0.117. The predicted molar refractivity (Wildman–Crippen MR) is 176 cm³/mol. The van der Waals surface area contributed by atoms with Crippen LogP contribution >= 0.6 is 0 Å². The number of hydrogen-bond donors (Lipinski definition) is 2. The fourth-order valence-electron chi connectivity index (χ4n) is 4.27. The molecular formula is C33H32N8O4. The standard InChI is InChI=1S/C33H32N8O4/c1-42-27-17-15-23(29(19-27)44-3)21-34-39-31-36-32(40-35-22-24-16-18-28(43-2)20-30(24)45-4)38-33(37-31)41(25-11-7-5-8-12-25)26-13-9-6-10-14-26/h5-22H,1-4H3,(H2,36,37,38,39,40)/b34-21-,35-22-. The highest BCUT2D eigenvalue weighted by molar-refractivity contribution is 5.85. The van der Waals surface area contributed by atoms with Crippen LogP contribution in [0.5, 0.6) is 23.0 Å². The maximum atomic E-state index is 5.48. The van der Waals surface area contributed by atoms with Crippen LogP contribution in [0, 0.1) is 0 Å². The molecule has 1 aromatic heterocycles. The van der Waals surface area contributed by atoms with Crippen molar-refractivity contribution in [1.82, 2.24) is 15.0 Å². The van der Waals surface area contributed by atoms with Crippen molar-refractivity contribution in [2.24, 2.45) is 10.2 Å². The number of hydrazone groups is 2. The van der Waals surface area contributed by atoms with Crippen molar-refractivity contribution in [3.63, 3.8) is 0 Å². The van der Waals surface area contributed by atoms with Gasteiger partial charge in [-0.05, 0) is 48.5 Å². The summed E-state index contributed by atoms with van der Waals surface area (Å²) >= 11 is 0. The fraction of sp³-hybridized carbons (Fsp3) is 0.121. The molecule has 228 valence electrons. The average molecular weight is 605 g/mol. The number of para-hydroxylation sites is 2. The van der Waals surface area contributed by atoms with E-state index in [1.54, 1.807) is 53.0 Å². The van der Waals surface area contributed by atoms with Gasteiger partial charge in [-0.15, -0.1) is 0 Å². The summed E-state index contributed by atoms with van der Waals surface area (Å²) in [6, 6.07) is 30.4. The third-order valence-electron chi connectivity index (χ3n) is 6.47. The summed E-state index contributed by atoms with van der Waals surface area (Å²) in [6.45, 7) is 0. The molecule has 5 rings (SSSR count). The molecule has 0 fully saturated rings. The normalized spacial score (nSPS) is 10.9. The second-order valence-electron chi connectivity index (χ2n) is 9.24. The van der Waals surface area contributed by atoms with E-state index in [-0.39, 0.29) is 11.9 Å². The van der Waals surface area contributed by atoms with E-state index in [0.717, 1.165) is 22.5 Å². The van der Waals surface area contributed by atoms with Crippen molar-refractivity contribution >= 4 is 41.6 Å². The van der Waals surface area contributed by atoms with Gasteiger partial charge in [-0.2, -0.15) is 25.2 Å². The van der Waals surface area contributed by atoms with Crippen molar-refractivity contribution in [2.75, 3.05) is 44.2 Å². The van der Waals surface area contributed by atoms with E-state index in [1.807, 2.05) is 89.8 Å². The van der Waals surface area contributed by atoms with Crippen molar-refractivity contribution in [2.45, 2.75) is 0 Å². The summed E-state index contributed by atoms with van der Waals surface area (Å²) in [6.07, 6.45) is 3.21. The molecule has 4 aromatic carbocycles. The monoisotopic (exact) mass is 604 g/mol. The summed E-state index contributed by atoms with van der Waals surface area (Å²) in [5.41, 5.74) is 9.00. The van der Waals surface area contributed by atoms with Gasteiger partial charge in [0.25, 0.3) is 0 Å². The van der Waals surface area contributed by atoms with Gasteiger partial charge >= 0.3 is 0 Å². The third-order valence-corrected chi connectivity index (χ3v) is 6.47. The van der Waals surface area contributed by atoms with E-state index < -0.39 is 0 Å². The molecule has 0 radical (unpaired) electrons. The summed E-state index contributed by atoms with van der Waals surface area (Å²) in [5.74, 6) is 3.24. The van der Waals surface area contributed by atoms with Crippen molar-refractivity contribution in [1.29, 1.82) is 0 Å². The number of aromatic nitrogens is 3. The minimum absolute atomic E-state index is 0.181. The molecule has 0 bridgehead atoms. The van der Waals surface area contributed by atoms with Crippen LogP contribution in [0.15, 0.2) is 107 Å². The predicted octanol–water partition coefficient (Wildman–Crippen LogP) is 6.27. The highest BCUT2D eigenvalue weighted by Crippen LogP contribution is 2.32. The van der Waals surface area contributed by atoms with Crippen LogP contribution in [-0.4, -0.2) is 55.8 Å². The molecule has 45 heavy (non-hydrogen) atoms. The SMILES string of the molecule is COc1ccc(/C=N\Nc2nc(N/N=C\c3ccc(OC)cc3OC)nc(N(c3ccccc3)c3ccccc3)n2)c(OC)c1. The first kappa shape index (κ1) is 30.3. The molecule has 0 aliphatic carbocycles. The Morgan fingerprint density at radius 1 is 0.556 bits per heavy atom. The Labute approximate surface area is 261 Å². The molecule has 0 aliphatic heterocycles. The third kappa shape index (κ3) is 7.62. The number of nitrogens with one attached hydrogen (secondary N) is 2. The number of benzene rings is 4. The zero-order valence-corrected chi connectivity index (χ0v) is 25.2. The van der Waals surface area contributed by atoms with Gasteiger partial charge < -0.3 is 18.9 Å². The van der Waals surface area contributed by atoms with E-state index in [2.05, 4.69) is 26.0 Å². The van der Waals surface area contributed by atoms with Crippen LogP contribution in [0.3, 0.4) is 0 Å². The molecule has 5 aromatic rings. The lowest BCUT2D eigenvalue weighted by atomic mass is 10.2. The van der Waals surface area contributed by atoms with Crippen LogP contribution in [0.25, 0.3) is 0 Å². The van der Waals surface area contributed by atoms with Gasteiger partial charge in [-0.3, -0.25) is 4.90 Å². The van der Waals surface area contributed by atoms with Gasteiger partial charge in [0.05, 0.1) is 40.9 Å². The number of anilines is 5. The Morgan fingerprint density at radius 2 is 1.00 bits per heavy atom. The maximum Gasteiger partial charge on any atom is 0.250 e. The summed E-state index contributed by atoms with van der Waals surface area (Å²) in [4.78, 5) is 15.8. The van der Waals surface area contributed by atoms with Crippen LogP contribution in [0.1, 0.15) is 11.1 Å². The topological polar surface area (TPSA) is 128 Å². The Kier molecular flexibility index (Phi) is 9.98. The largest absolute Gasteiger partial charge is 0.497 e. The smallest absolute Gasteiger partial charge is 0.250 e. The fourth-order valence-corrected chi connectivity index (χ4v) is 4.27. The highest BCUT2D eigenvalue weighted by Gasteiger charge is 2.18. The van der Waals surface area contributed by atoms with Crippen molar-refractivity contribution in [3.05, 3.63) is 108 Å². The van der Waals surface area contributed by atoms with Gasteiger partial charge in [0.1, 0.15) is 23.0 Å². The molecular weight excluding hydrogens is 572 g/mol. The number of rotatable bonds is 13. The van der Waals surface area contributed by atoms with Crippen LogP contribution < -0.4 is 34.7 Å². The minimum atomic E-state index is 0.181. The molecule has 2 N–H and O–H groups in total. The Morgan fingerprint density at radius 3 is 1.40 bits per heavy atom. The molecule has 12 nitrogen and oxygen atoms in total. The number of ether oxygens (including phenoxy) is 4. The van der Waals surface area contributed by atoms with Gasteiger partial charge in [-0.1, -0.05) is 36.4 Å². The molecule has 0 unspecified atom stereocenters. The van der Waals surface area contributed by atoms with E-state index in [1.165, 1.54) is 0 Å². The van der Waals surface area contributed by atoms with E-state index in [0.29, 0.717) is 28.9 Å². The molecule has 0 atom stereocenters. The Balaban J connectivity index is 1.50. The maximum absolute atomic E-state index is 5.48. The first-order valence-electron chi connectivity index (χ1n) is 13.8. The van der Waals surface area contributed by atoms with E-state index in [4.69, 9.17) is 28.9 Å². The lowest BCUT2D eigenvalue weighted by molar-refractivity contribution is 0.393. The number of methoxy groups -OCH3 is 4. The summed E-state index contributed by atoms with van der Waals surface area (Å²) in [7, 11) is 6.36. The number of nitrogens with zero attached hydrogens (tertiary/aromatic N) is 6. The average Bonchev–Trinajstić information content (AvgIpc) is 3.09. The van der Waals surface area contributed by atoms with Crippen molar-refractivity contribution in [3.8, 4) is 23.0 Å². The number of hydrogen-bond acceptors (Lipinski definition) is 12. The molecule has 12 heteroatoms. The van der Waals surface area contributed by atoms with Crippen LogP contribution in [0.2, 0.25) is 0 Å². The van der Waals surface area contributed by atoms with Crippen molar-refractivity contribution < 1.29 is 18.9 Å². The molecule has 0 spiro atoms.